The monoisotopic (exact) mass is 265 g/mol. The van der Waals surface area contributed by atoms with E-state index < -0.39 is 0 Å². The number of hydrogen-bond acceptors (Lipinski definition) is 1. The van der Waals surface area contributed by atoms with Crippen molar-refractivity contribution in [1.29, 1.82) is 0 Å². The van der Waals surface area contributed by atoms with Crippen molar-refractivity contribution >= 4 is 0 Å². The third kappa shape index (κ3) is 3.71. The van der Waals surface area contributed by atoms with Crippen molar-refractivity contribution in [3.63, 3.8) is 0 Å². The summed E-state index contributed by atoms with van der Waals surface area (Å²) >= 11 is 0. The maximum atomic E-state index is 3.69. The predicted molar refractivity (Wildman–Crippen MR) is 85.0 cm³/mol. The van der Waals surface area contributed by atoms with Crippen molar-refractivity contribution in [2.45, 2.75) is 37.6 Å². The molecule has 104 valence electrons. The summed E-state index contributed by atoms with van der Waals surface area (Å²) in [5.41, 5.74) is 2.95. The molecule has 1 N–H and O–H groups in total. The van der Waals surface area contributed by atoms with Crippen LogP contribution in [0.15, 0.2) is 60.7 Å². The number of nitrogens with one attached hydrogen (secondary N) is 1. The Hall–Kier alpha value is -1.60. The van der Waals surface area contributed by atoms with Crippen LogP contribution in [0.1, 0.15) is 36.3 Å². The first-order valence-corrected chi connectivity index (χ1v) is 7.76. The summed E-state index contributed by atoms with van der Waals surface area (Å²) in [5, 5.41) is 3.69. The van der Waals surface area contributed by atoms with Gasteiger partial charge >= 0.3 is 0 Å². The third-order valence-electron chi connectivity index (χ3n) is 4.16. The Morgan fingerprint density at radius 2 is 1.55 bits per heavy atom. The average Bonchev–Trinajstić information content (AvgIpc) is 3.28. The molecule has 3 rings (SSSR count). The van der Waals surface area contributed by atoms with Crippen molar-refractivity contribution in [2.75, 3.05) is 6.54 Å². The molecule has 0 spiro atoms. The minimum absolute atomic E-state index is 0.717. The molecule has 1 saturated carbocycles. The maximum Gasteiger partial charge on any atom is 0.0143 e. The fourth-order valence-corrected chi connectivity index (χ4v) is 2.88. The first kappa shape index (κ1) is 13.4. The van der Waals surface area contributed by atoms with Crippen LogP contribution >= 0.6 is 0 Å². The highest BCUT2D eigenvalue weighted by Crippen LogP contribution is 2.40. The molecular formula is C19H23N. The quantitative estimate of drug-likeness (QED) is 0.741. The summed E-state index contributed by atoms with van der Waals surface area (Å²) in [7, 11) is 0. The molecule has 0 amide bonds. The van der Waals surface area contributed by atoms with E-state index in [9.17, 15) is 0 Å². The van der Waals surface area contributed by atoms with Crippen LogP contribution in [0.3, 0.4) is 0 Å². The highest BCUT2D eigenvalue weighted by Gasteiger charge is 2.37. The van der Waals surface area contributed by atoms with Crippen LogP contribution in [-0.2, 0) is 6.42 Å². The van der Waals surface area contributed by atoms with E-state index in [4.69, 9.17) is 0 Å². The molecule has 0 saturated heterocycles. The molecule has 20 heavy (non-hydrogen) atoms. The van der Waals surface area contributed by atoms with E-state index in [1.54, 1.807) is 0 Å². The first-order chi connectivity index (χ1) is 9.93. The molecular weight excluding hydrogens is 242 g/mol. The zero-order chi connectivity index (χ0) is 13.6. The Bertz CT molecular complexity index is 506. The Morgan fingerprint density at radius 3 is 2.30 bits per heavy atom. The number of benzene rings is 2. The molecule has 0 aliphatic heterocycles. The van der Waals surface area contributed by atoms with E-state index in [1.807, 2.05) is 0 Å². The molecule has 1 aliphatic carbocycles. The van der Waals surface area contributed by atoms with Crippen LogP contribution in [0, 0.1) is 0 Å². The normalized spacial score (nSPS) is 20.8. The third-order valence-corrected chi connectivity index (χ3v) is 4.16. The van der Waals surface area contributed by atoms with Gasteiger partial charge in [0, 0.05) is 12.0 Å². The fourth-order valence-electron chi connectivity index (χ4n) is 2.88. The molecule has 2 aromatic rings. The lowest BCUT2D eigenvalue weighted by molar-refractivity contribution is 0.612. The number of aryl methyl sites for hydroxylation is 1. The smallest absolute Gasteiger partial charge is 0.0143 e. The maximum absolute atomic E-state index is 3.69. The van der Waals surface area contributed by atoms with E-state index >= 15 is 0 Å². The topological polar surface area (TPSA) is 12.0 Å². The molecule has 2 atom stereocenters. The molecule has 1 heteroatoms. The lowest BCUT2D eigenvalue weighted by Crippen LogP contribution is -2.19. The standard InChI is InChI=1S/C19H23N/c1-3-9-16(10-4-1)11-7-8-14-20-19-15-18(19)17-12-5-2-6-13-17/h1-6,9-10,12-13,18-20H,7-8,11,14-15H2. The highest BCUT2D eigenvalue weighted by molar-refractivity contribution is 5.27. The molecule has 0 radical (unpaired) electrons. The molecule has 0 heterocycles. The molecule has 0 bridgehead atoms. The Labute approximate surface area is 122 Å². The van der Waals surface area contributed by atoms with Crippen LogP contribution in [0.2, 0.25) is 0 Å². The van der Waals surface area contributed by atoms with Gasteiger partial charge in [-0.2, -0.15) is 0 Å². The van der Waals surface area contributed by atoms with E-state index in [-0.39, 0.29) is 0 Å². The first-order valence-electron chi connectivity index (χ1n) is 7.76. The van der Waals surface area contributed by atoms with E-state index in [2.05, 4.69) is 66.0 Å². The summed E-state index contributed by atoms with van der Waals surface area (Å²) < 4.78 is 0. The average molecular weight is 265 g/mol. The van der Waals surface area contributed by atoms with Crippen molar-refractivity contribution in [3.8, 4) is 0 Å². The van der Waals surface area contributed by atoms with Gasteiger partial charge in [0.1, 0.15) is 0 Å². The predicted octanol–water partition coefficient (Wildman–Crippen LogP) is 4.16. The molecule has 1 fully saturated rings. The molecule has 2 unspecified atom stereocenters. The molecule has 2 aromatic carbocycles. The van der Waals surface area contributed by atoms with Gasteiger partial charge in [0.15, 0.2) is 0 Å². The van der Waals surface area contributed by atoms with Gasteiger partial charge in [-0.25, -0.2) is 0 Å². The summed E-state index contributed by atoms with van der Waals surface area (Å²) in [6.45, 7) is 1.15. The second-order valence-electron chi connectivity index (χ2n) is 5.76. The largest absolute Gasteiger partial charge is 0.313 e. The van der Waals surface area contributed by atoms with Gasteiger partial charge in [-0.15, -0.1) is 0 Å². The Balaban J connectivity index is 1.30. The van der Waals surface area contributed by atoms with Gasteiger partial charge in [0.05, 0.1) is 0 Å². The van der Waals surface area contributed by atoms with E-state index in [0.29, 0.717) is 6.04 Å². The SMILES string of the molecule is c1ccc(CCCCNC2CC2c2ccccc2)cc1. The molecule has 1 aliphatic rings. The van der Waals surface area contributed by atoms with Crippen LogP contribution in [0.4, 0.5) is 0 Å². The lowest BCUT2D eigenvalue weighted by atomic mass is 10.1. The van der Waals surface area contributed by atoms with Gasteiger partial charge in [-0.05, 0) is 43.4 Å². The van der Waals surface area contributed by atoms with Crippen LogP contribution < -0.4 is 5.32 Å². The zero-order valence-electron chi connectivity index (χ0n) is 12.0. The van der Waals surface area contributed by atoms with Crippen molar-refractivity contribution in [1.82, 2.24) is 5.32 Å². The van der Waals surface area contributed by atoms with Crippen molar-refractivity contribution in [2.24, 2.45) is 0 Å². The minimum Gasteiger partial charge on any atom is -0.313 e. The highest BCUT2D eigenvalue weighted by atomic mass is 15.0. The van der Waals surface area contributed by atoms with Crippen LogP contribution in [0.5, 0.6) is 0 Å². The van der Waals surface area contributed by atoms with Gasteiger partial charge in [-0.1, -0.05) is 60.7 Å². The van der Waals surface area contributed by atoms with Gasteiger partial charge in [0.2, 0.25) is 0 Å². The van der Waals surface area contributed by atoms with E-state index in [1.165, 1.54) is 36.8 Å². The summed E-state index contributed by atoms with van der Waals surface area (Å²) in [6, 6.07) is 22.4. The van der Waals surface area contributed by atoms with Gasteiger partial charge < -0.3 is 5.32 Å². The Morgan fingerprint density at radius 1 is 0.850 bits per heavy atom. The second kappa shape index (κ2) is 6.71. The summed E-state index contributed by atoms with van der Waals surface area (Å²) in [5.74, 6) is 0.755. The lowest BCUT2D eigenvalue weighted by Gasteiger charge is -2.05. The zero-order valence-corrected chi connectivity index (χ0v) is 12.0. The van der Waals surface area contributed by atoms with Gasteiger partial charge in [0.25, 0.3) is 0 Å². The van der Waals surface area contributed by atoms with Gasteiger partial charge in [-0.3, -0.25) is 0 Å². The fraction of sp³-hybridized carbons (Fsp3) is 0.368. The summed E-state index contributed by atoms with van der Waals surface area (Å²) in [4.78, 5) is 0. The molecule has 1 nitrogen and oxygen atoms in total. The molecule has 0 aromatic heterocycles. The Kier molecular flexibility index (Phi) is 4.49. The summed E-state index contributed by atoms with van der Waals surface area (Å²) in [6.07, 6.45) is 5.06. The number of rotatable bonds is 7. The number of unbranched alkanes of at least 4 members (excludes halogenated alkanes) is 1. The van der Waals surface area contributed by atoms with Crippen LogP contribution in [0.25, 0.3) is 0 Å². The van der Waals surface area contributed by atoms with Crippen molar-refractivity contribution in [3.05, 3.63) is 71.8 Å². The van der Waals surface area contributed by atoms with Crippen molar-refractivity contribution < 1.29 is 0 Å². The second-order valence-corrected chi connectivity index (χ2v) is 5.76. The minimum atomic E-state index is 0.717. The number of hydrogen-bond donors (Lipinski definition) is 1. The van der Waals surface area contributed by atoms with E-state index in [0.717, 1.165) is 12.5 Å². The van der Waals surface area contributed by atoms with Crippen LogP contribution in [-0.4, -0.2) is 12.6 Å².